The van der Waals surface area contributed by atoms with Crippen LogP contribution in [0.3, 0.4) is 0 Å². The van der Waals surface area contributed by atoms with Crippen LogP contribution in [0.4, 0.5) is 8.78 Å². The first-order chi connectivity index (χ1) is 16.5. The number of rotatable bonds is 5. The van der Waals surface area contributed by atoms with Crippen LogP contribution in [0.25, 0.3) is 32.2 Å². The summed E-state index contributed by atoms with van der Waals surface area (Å²) < 4.78 is 39.7. The van der Waals surface area contributed by atoms with Crippen LogP contribution in [-0.2, 0) is 16.0 Å². The molecule has 2 aromatic heterocycles. The molecule has 0 radical (unpaired) electrons. The fraction of sp³-hybridized carbons (Fsp3) is 0.346. The van der Waals surface area contributed by atoms with Gasteiger partial charge in [-0.15, -0.1) is 11.3 Å². The number of carboxylic acids is 1. The number of hydrogen-bond acceptors (Lipinski definition) is 6. The number of aromatic nitrogens is 2. The van der Waals surface area contributed by atoms with Gasteiger partial charge in [0, 0.05) is 34.7 Å². The monoisotopic (exact) mass is 498 g/mol. The van der Waals surface area contributed by atoms with E-state index in [9.17, 15) is 18.7 Å². The number of pyridine rings is 1. The number of halogens is 2. The third-order valence-corrected chi connectivity index (χ3v) is 7.02. The molecule has 0 bridgehead atoms. The molecule has 1 N–H and O–H groups in total. The van der Waals surface area contributed by atoms with Crippen LogP contribution in [0.1, 0.15) is 55.0 Å². The topological polar surface area (TPSA) is 81.5 Å². The standard InChI is InChI=1S/C26H24F2N2O4S/c1-12-11-15-22(35-24(30-15)23(27)28)19(17(12)21(25(31)32)34-26(2,3)4)14-5-6-16-18-13(8-10-33-16)7-9-29-20(14)18/h5-7,9,11,21,23H,8,10H2,1-4H3,(H,31,32)/t21-/m0/s1. The normalized spacial score (nSPS) is 14.5. The molecule has 0 aliphatic carbocycles. The van der Waals surface area contributed by atoms with Crippen molar-refractivity contribution in [3.63, 3.8) is 0 Å². The lowest BCUT2D eigenvalue weighted by Crippen LogP contribution is -2.28. The minimum atomic E-state index is -2.74. The van der Waals surface area contributed by atoms with Crippen LogP contribution in [0.2, 0.25) is 0 Å². The number of carbonyl (C=O) groups is 1. The Balaban J connectivity index is 1.91. The quantitative estimate of drug-likeness (QED) is 0.332. The van der Waals surface area contributed by atoms with Crippen LogP contribution in [0, 0.1) is 6.92 Å². The van der Waals surface area contributed by atoms with Crippen molar-refractivity contribution in [2.24, 2.45) is 0 Å². The Labute approximate surface area is 204 Å². The molecule has 2 aromatic carbocycles. The van der Waals surface area contributed by atoms with Gasteiger partial charge in [0.1, 0.15) is 5.75 Å². The summed E-state index contributed by atoms with van der Waals surface area (Å²) in [6.45, 7) is 7.64. The van der Waals surface area contributed by atoms with E-state index in [4.69, 9.17) is 9.47 Å². The average Bonchev–Trinajstić information content (AvgIpc) is 3.21. The number of aryl methyl sites for hydroxylation is 1. The Morgan fingerprint density at radius 3 is 2.71 bits per heavy atom. The van der Waals surface area contributed by atoms with Crippen molar-refractivity contribution < 1.29 is 28.2 Å². The molecule has 6 nitrogen and oxygen atoms in total. The Kier molecular flexibility index (Phi) is 5.72. The van der Waals surface area contributed by atoms with Gasteiger partial charge in [-0.25, -0.2) is 18.6 Å². The van der Waals surface area contributed by atoms with Crippen molar-refractivity contribution in [3.8, 4) is 16.9 Å². The molecule has 0 saturated heterocycles. The fourth-order valence-corrected chi connectivity index (χ4v) is 5.59. The molecule has 1 aliphatic rings. The van der Waals surface area contributed by atoms with Gasteiger partial charge in [-0.2, -0.15) is 0 Å². The summed E-state index contributed by atoms with van der Waals surface area (Å²) in [4.78, 5) is 21.3. The van der Waals surface area contributed by atoms with Crippen molar-refractivity contribution in [1.82, 2.24) is 9.97 Å². The largest absolute Gasteiger partial charge is 0.493 e. The maximum Gasteiger partial charge on any atom is 0.337 e. The van der Waals surface area contributed by atoms with Crippen LogP contribution >= 0.6 is 11.3 Å². The van der Waals surface area contributed by atoms with Crippen molar-refractivity contribution in [1.29, 1.82) is 0 Å². The number of nitrogens with zero attached hydrogens (tertiary/aromatic N) is 2. The number of fused-ring (bicyclic) bond motifs is 1. The zero-order valence-electron chi connectivity index (χ0n) is 19.7. The Morgan fingerprint density at radius 1 is 1.26 bits per heavy atom. The highest BCUT2D eigenvalue weighted by Gasteiger charge is 2.33. The number of thiazole rings is 1. The van der Waals surface area contributed by atoms with Crippen LogP contribution in [0.15, 0.2) is 30.5 Å². The molecule has 5 rings (SSSR count). The zero-order valence-corrected chi connectivity index (χ0v) is 20.5. The van der Waals surface area contributed by atoms with E-state index in [1.807, 2.05) is 18.2 Å². The molecule has 0 unspecified atom stereocenters. The smallest absolute Gasteiger partial charge is 0.337 e. The molecule has 35 heavy (non-hydrogen) atoms. The Hall–Kier alpha value is -3.17. The number of aliphatic carboxylic acids is 1. The van der Waals surface area contributed by atoms with Gasteiger partial charge >= 0.3 is 5.97 Å². The Morgan fingerprint density at radius 2 is 2.03 bits per heavy atom. The molecule has 4 aromatic rings. The van der Waals surface area contributed by atoms with E-state index >= 15 is 0 Å². The summed E-state index contributed by atoms with van der Waals surface area (Å²) in [6, 6.07) is 7.24. The number of alkyl halides is 2. The van der Waals surface area contributed by atoms with E-state index in [0.717, 1.165) is 22.3 Å². The third kappa shape index (κ3) is 4.12. The summed E-state index contributed by atoms with van der Waals surface area (Å²) in [7, 11) is 0. The lowest BCUT2D eigenvalue weighted by Gasteiger charge is -2.28. The first-order valence-electron chi connectivity index (χ1n) is 11.2. The van der Waals surface area contributed by atoms with Gasteiger partial charge in [-0.3, -0.25) is 4.98 Å². The Bertz CT molecular complexity index is 1470. The molecule has 1 atom stereocenters. The summed E-state index contributed by atoms with van der Waals surface area (Å²) in [5.41, 5.74) is 3.45. The van der Waals surface area contributed by atoms with Gasteiger partial charge in [-0.1, -0.05) is 0 Å². The van der Waals surface area contributed by atoms with Crippen molar-refractivity contribution >= 4 is 38.4 Å². The predicted octanol–water partition coefficient (Wildman–Crippen LogP) is 6.63. The van der Waals surface area contributed by atoms with Crippen LogP contribution in [-0.4, -0.2) is 33.3 Å². The van der Waals surface area contributed by atoms with Crippen LogP contribution in [0.5, 0.6) is 5.75 Å². The lowest BCUT2D eigenvalue weighted by atomic mass is 9.89. The first-order valence-corrected chi connectivity index (χ1v) is 12.0. The second-order valence-corrected chi connectivity index (χ2v) is 10.6. The SMILES string of the molecule is Cc1cc2nc(C(F)F)sc2c(-c2ccc3c4c(ccnc24)CCO3)c1[C@H](OC(C)(C)C)C(=O)O. The molecular weight excluding hydrogens is 474 g/mol. The number of hydrogen-bond donors (Lipinski definition) is 1. The molecule has 0 fully saturated rings. The van der Waals surface area contributed by atoms with Crippen molar-refractivity contribution in [2.45, 2.75) is 52.2 Å². The van der Waals surface area contributed by atoms with E-state index in [0.29, 0.717) is 56.8 Å². The maximum atomic E-state index is 13.7. The van der Waals surface area contributed by atoms with Gasteiger partial charge in [0.15, 0.2) is 11.1 Å². The van der Waals surface area contributed by atoms with Gasteiger partial charge in [0.05, 0.1) is 27.9 Å². The average molecular weight is 499 g/mol. The highest BCUT2D eigenvalue weighted by atomic mass is 32.1. The molecule has 0 spiro atoms. The minimum absolute atomic E-state index is 0.319. The van der Waals surface area contributed by atoms with E-state index < -0.39 is 24.1 Å². The van der Waals surface area contributed by atoms with E-state index in [1.165, 1.54) is 0 Å². The molecule has 0 saturated carbocycles. The summed E-state index contributed by atoms with van der Waals surface area (Å²) in [6.07, 6.45) is -1.64. The minimum Gasteiger partial charge on any atom is -0.493 e. The van der Waals surface area contributed by atoms with E-state index in [1.54, 1.807) is 40.0 Å². The molecule has 3 heterocycles. The van der Waals surface area contributed by atoms with Gasteiger partial charge in [-0.05, 0) is 63.1 Å². The highest BCUT2D eigenvalue weighted by Crippen LogP contribution is 2.47. The van der Waals surface area contributed by atoms with E-state index in [2.05, 4.69) is 9.97 Å². The molecule has 1 aliphatic heterocycles. The predicted molar refractivity (Wildman–Crippen MR) is 130 cm³/mol. The maximum absolute atomic E-state index is 13.7. The molecule has 9 heteroatoms. The zero-order chi connectivity index (χ0) is 25.1. The van der Waals surface area contributed by atoms with Gasteiger partial charge < -0.3 is 14.6 Å². The van der Waals surface area contributed by atoms with E-state index in [-0.39, 0.29) is 5.01 Å². The number of benzene rings is 2. The first kappa shape index (κ1) is 23.6. The van der Waals surface area contributed by atoms with Crippen LogP contribution < -0.4 is 4.74 Å². The molecular formula is C26H24F2N2O4S. The second-order valence-electron chi connectivity index (χ2n) is 9.54. The second kappa shape index (κ2) is 8.49. The third-order valence-electron chi connectivity index (χ3n) is 5.93. The van der Waals surface area contributed by atoms with Crippen molar-refractivity contribution in [3.05, 3.63) is 52.2 Å². The molecule has 182 valence electrons. The number of ether oxygens (including phenoxy) is 2. The molecule has 0 amide bonds. The summed E-state index contributed by atoms with van der Waals surface area (Å²) in [5, 5.41) is 10.7. The highest BCUT2D eigenvalue weighted by molar-refractivity contribution is 7.19. The fourth-order valence-electron chi connectivity index (χ4n) is 4.62. The summed E-state index contributed by atoms with van der Waals surface area (Å²) >= 11 is 0.865. The van der Waals surface area contributed by atoms with Crippen molar-refractivity contribution in [2.75, 3.05) is 6.61 Å². The summed E-state index contributed by atoms with van der Waals surface area (Å²) in [5.74, 6) is -0.469. The lowest BCUT2D eigenvalue weighted by molar-refractivity contribution is -0.160. The van der Waals surface area contributed by atoms with Gasteiger partial charge in [0.2, 0.25) is 0 Å². The van der Waals surface area contributed by atoms with Gasteiger partial charge in [0.25, 0.3) is 6.43 Å². The number of carboxylic acid groups (broad SMARTS) is 1.